The lowest BCUT2D eigenvalue weighted by Crippen LogP contribution is -2.17. The minimum Gasteiger partial charge on any atom is -0.456 e. The van der Waals surface area contributed by atoms with Crippen LogP contribution >= 0.6 is 0 Å². The van der Waals surface area contributed by atoms with Crippen molar-refractivity contribution in [2.24, 2.45) is 0 Å². The number of rotatable bonds is 7. The SMILES string of the molecule is C1=CCCC(N(c2ccccc2)c2ccc3oc4ccc(-c5ccc6oc7ccc(N(c8ccccc8)c8ccccc8)cc7c6c5)cc4c3c2)=C1. The molecule has 0 bridgehead atoms. The number of furan rings is 2. The molecule has 0 unspecified atom stereocenters. The first-order chi connectivity index (χ1) is 25.8. The van der Waals surface area contributed by atoms with Gasteiger partial charge >= 0.3 is 0 Å². The second-order valence-electron chi connectivity index (χ2n) is 13.3. The van der Waals surface area contributed by atoms with Crippen LogP contribution in [0.15, 0.2) is 197 Å². The fraction of sp³-hybridized carbons (Fsp3) is 0.0417. The van der Waals surface area contributed by atoms with Crippen LogP contribution in [0.2, 0.25) is 0 Å². The molecule has 2 heterocycles. The monoisotopic (exact) mass is 670 g/mol. The number of nitrogens with zero attached hydrogens (tertiary/aromatic N) is 2. The third-order valence-electron chi connectivity index (χ3n) is 10.1. The smallest absolute Gasteiger partial charge is 0.135 e. The van der Waals surface area contributed by atoms with Crippen molar-refractivity contribution >= 4 is 72.3 Å². The summed E-state index contributed by atoms with van der Waals surface area (Å²) in [6.07, 6.45) is 8.64. The van der Waals surface area contributed by atoms with E-state index in [1.807, 2.05) is 0 Å². The average molecular weight is 671 g/mol. The zero-order chi connectivity index (χ0) is 34.4. The molecule has 0 saturated carbocycles. The lowest BCUT2D eigenvalue weighted by Gasteiger charge is -2.28. The maximum Gasteiger partial charge on any atom is 0.135 e. The number of fused-ring (bicyclic) bond motifs is 6. The first kappa shape index (κ1) is 30.1. The Hall–Kier alpha value is -6.78. The van der Waals surface area contributed by atoms with Crippen molar-refractivity contribution in [1.29, 1.82) is 0 Å². The van der Waals surface area contributed by atoms with Crippen molar-refractivity contribution in [3.05, 3.63) is 188 Å². The minimum absolute atomic E-state index is 0.868. The summed E-state index contributed by atoms with van der Waals surface area (Å²) in [7, 11) is 0. The molecule has 0 spiro atoms. The van der Waals surface area contributed by atoms with E-state index in [1.54, 1.807) is 0 Å². The highest BCUT2D eigenvalue weighted by atomic mass is 16.3. The Bertz CT molecular complexity index is 2750. The molecule has 0 amide bonds. The van der Waals surface area contributed by atoms with E-state index in [1.165, 1.54) is 5.70 Å². The van der Waals surface area contributed by atoms with Crippen molar-refractivity contribution in [3.63, 3.8) is 0 Å². The van der Waals surface area contributed by atoms with Gasteiger partial charge in [-0.3, -0.25) is 0 Å². The molecule has 0 radical (unpaired) electrons. The molecule has 0 N–H and O–H groups in total. The Kier molecular flexibility index (Phi) is 7.24. The highest BCUT2D eigenvalue weighted by molar-refractivity contribution is 6.10. The predicted molar refractivity (Wildman–Crippen MR) is 216 cm³/mol. The molecule has 0 atom stereocenters. The first-order valence-corrected chi connectivity index (χ1v) is 17.8. The van der Waals surface area contributed by atoms with Crippen LogP contribution in [0.1, 0.15) is 12.8 Å². The molecule has 0 saturated heterocycles. The summed E-state index contributed by atoms with van der Waals surface area (Å²) in [5, 5.41) is 4.37. The maximum absolute atomic E-state index is 6.39. The van der Waals surface area contributed by atoms with Crippen LogP contribution in [0.3, 0.4) is 0 Å². The second-order valence-corrected chi connectivity index (χ2v) is 13.3. The number of para-hydroxylation sites is 3. The Balaban J connectivity index is 1.08. The number of hydrogen-bond acceptors (Lipinski definition) is 4. The van der Waals surface area contributed by atoms with Crippen LogP contribution < -0.4 is 9.80 Å². The Labute approximate surface area is 301 Å². The molecule has 1 aliphatic carbocycles. The van der Waals surface area contributed by atoms with Crippen LogP contribution in [0, 0.1) is 0 Å². The number of anilines is 5. The van der Waals surface area contributed by atoms with Crippen LogP contribution in [0.5, 0.6) is 0 Å². The molecule has 1 aliphatic rings. The van der Waals surface area contributed by atoms with Gasteiger partial charge in [0.25, 0.3) is 0 Å². The van der Waals surface area contributed by atoms with E-state index >= 15 is 0 Å². The van der Waals surface area contributed by atoms with Crippen molar-refractivity contribution in [1.82, 2.24) is 0 Å². The summed E-state index contributed by atoms with van der Waals surface area (Å²) in [6.45, 7) is 0. The van der Waals surface area contributed by atoms with Crippen molar-refractivity contribution in [2.45, 2.75) is 12.8 Å². The van der Waals surface area contributed by atoms with Gasteiger partial charge in [0.2, 0.25) is 0 Å². The van der Waals surface area contributed by atoms with Crippen molar-refractivity contribution in [3.8, 4) is 11.1 Å². The molecule has 4 nitrogen and oxygen atoms in total. The fourth-order valence-electron chi connectivity index (χ4n) is 7.60. The fourth-order valence-corrected chi connectivity index (χ4v) is 7.60. The van der Waals surface area contributed by atoms with Gasteiger partial charge in [0.05, 0.1) is 0 Å². The van der Waals surface area contributed by atoms with Crippen LogP contribution in [-0.2, 0) is 0 Å². The first-order valence-electron chi connectivity index (χ1n) is 17.8. The van der Waals surface area contributed by atoms with E-state index in [2.05, 4.69) is 192 Å². The quantitative estimate of drug-likeness (QED) is 0.169. The molecule has 0 aliphatic heterocycles. The summed E-state index contributed by atoms with van der Waals surface area (Å²) >= 11 is 0. The maximum atomic E-state index is 6.39. The van der Waals surface area contributed by atoms with E-state index in [0.29, 0.717) is 0 Å². The zero-order valence-electron chi connectivity index (χ0n) is 28.4. The average Bonchev–Trinajstić information content (AvgIpc) is 3.77. The van der Waals surface area contributed by atoms with E-state index in [-0.39, 0.29) is 0 Å². The molecule has 9 aromatic rings. The minimum atomic E-state index is 0.868. The van der Waals surface area contributed by atoms with Gasteiger partial charge in [-0.05, 0) is 127 Å². The summed E-state index contributed by atoms with van der Waals surface area (Å²) in [5.74, 6) is 0. The summed E-state index contributed by atoms with van der Waals surface area (Å²) in [6, 6.07) is 57.7. The van der Waals surface area contributed by atoms with E-state index < -0.39 is 0 Å². The summed E-state index contributed by atoms with van der Waals surface area (Å²) in [4.78, 5) is 4.66. The van der Waals surface area contributed by atoms with E-state index in [9.17, 15) is 0 Å². The third-order valence-corrected chi connectivity index (χ3v) is 10.1. The largest absolute Gasteiger partial charge is 0.456 e. The number of benzene rings is 7. The molecular weight excluding hydrogens is 637 g/mol. The van der Waals surface area contributed by atoms with Crippen LogP contribution in [-0.4, -0.2) is 0 Å². The highest BCUT2D eigenvalue weighted by Crippen LogP contribution is 2.41. The van der Waals surface area contributed by atoms with Gasteiger partial charge in [-0.1, -0.05) is 78.9 Å². The van der Waals surface area contributed by atoms with E-state index in [4.69, 9.17) is 8.83 Å². The van der Waals surface area contributed by atoms with Gasteiger partial charge in [-0.15, -0.1) is 0 Å². The van der Waals surface area contributed by atoms with Gasteiger partial charge in [0.15, 0.2) is 0 Å². The van der Waals surface area contributed by atoms with Gasteiger partial charge in [0, 0.05) is 55.7 Å². The normalized spacial score (nSPS) is 12.9. The van der Waals surface area contributed by atoms with Gasteiger partial charge in [-0.25, -0.2) is 0 Å². The molecule has 10 rings (SSSR count). The highest BCUT2D eigenvalue weighted by Gasteiger charge is 2.19. The zero-order valence-corrected chi connectivity index (χ0v) is 28.4. The lowest BCUT2D eigenvalue weighted by molar-refractivity contribution is 0.668. The molecule has 52 heavy (non-hydrogen) atoms. The summed E-state index contributed by atoms with van der Waals surface area (Å²) < 4.78 is 12.8. The molecule has 248 valence electrons. The molecule has 4 heteroatoms. The van der Waals surface area contributed by atoms with Gasteiger partial charge in [-0.2, -0.15) is 0 Å². The van der Waals surface area contributed by atoms with Crippen molar-refractivity contribution in [2.75, 3.05) is 9.80 Å². The van der Waals surface area contributed by atoms with Crippen LogP contribution in [0.25, 0.3) is 55.0 Å². The van der Waals surface area contributed by atoms with Gasteiger partial charge in [0.1, 0.15) is 22.3 Å². The molecule has 2 aromatic heterocycles. The lowest BCUT2D eigenvalue weighted by atomic mass is 10.00. The second kappa shape index (κ2) is 12.5. The van der Waals surface area contributed by atoms with Crippen molar-refractivity contribution < 1.29 is 8.83 Å². The molecular formula is C48H34N2O2. The predicted octanol–water partition coefficient (Wildman–Crippen LogP) is 14.0. The molecule has 0 fully saturated rings. The van der Waals surface area contributed by atoms with E-state index in [0.717, 1.165) is 96.3 Å². The topological polar surface area (TPSA) is 32.8 Å². The van der Waals surface area contributed by atoms with Gasteiger partial charge < -0.3 is 18.6 Å². The third kappa shape index (κ3) is 5.24. The number of hydrogen-bond donors (Lipinski definition) is 0. The Morgan fingerprint density at radius 1 is 0.385 bits per heavy atom. The molecule has 7 aromatic carbocycles. The standard InChI is InChI=1S/C48H34N2O2/c1-5-13-35(14-6-1)49(36-15-7-2-8-16-36)39-23-27-47-43(31-39)41-29-33(21-25-45(41)51-47)34-22-26-46-42(30-34)44-32-40(24-28-48(44)52-46)50(37-17-9-3-10-18-37)38-19-11-4-12-20-38/h1-11,13-19,21-32H,12,20H2. The Morgan fingerprint density at radius 2 is 0.808 bits per heavy atom. The number of allylic oxidation sites excluding steroid dienone is 4. The Morgan fingerprint density at radius 3 is 1.27 bits per heavy atom. The summed E-state index contributed by atoms with van der Waals surface area (Å²) in [5.41, 5.74) is 12.6. The van der Waals surface area contributed by atoms with Crippen LogP contribution in [0.4, 0.5) is 28.4 Å².